The highest BCUT2D eigenvalue weighted by Gasteiger charge is 2.14. The fraction of sp³-hybridized carbons (Fsp3) is 0.211. The number of nitrogens with zero attached hydrogens (tertiary/aromatic N) is 2. The molecule has 0 aliphatic carbocycles. The normalized spacial score (nSPS) is 11.2. The predicted molar refractivity (Wildman–Crippen MR) is 103 cm³/mol. The van der Waals surface area contributed by atoms with Crippen molar-refractivity contribution in [2.24, 2.45) is 0 Å². The SMILES string of the molecule is Cc1noc(CCCNC(=O)c2ccc(NS(=O)(=O)c3ccc(F)cc3)cc2)n1. The Labute approximate surface area is 167 Å². The Hall–Kier alpha value is -3.27. The van der Waals surface area contributed by atoms with E-state index < -0.39 is 15.8 Å². The van der Waals surface area contributed by atoms with Crippen molar-refractivity contribution in [3.8, 4) is 0 Å². The summed E-state index contributed by atoms with van der Waals surface area (Å²) in [6.45, 7) is 2.16. The van der Waals surface area contributed by atoms with Crippen molar-refractivity contribution in [2.75, 3.05) is 11.3 Å². The Kier molecular flexibility index (Phi) is 6.23. The molecule has 2 aromatic carbocycles. The van der Waals surface area contributed by atoms with E-state index in [9.17, 15) is 17.6 Å². The van der Waals surface area contributed by atoms with Gasteiger partial charge in [0.1, 0.15) is 5.82 Å². The van der Waals surface area contributed by atoms with Crippen molar-refractivity contribution in [1.82, 2.24) is 15.5 Å². The molecule has 1 amide bonds. The maximum atomic E-state index is 13.0. The van der Waals surface area contributed by atoms with Gasteiger partial charge in [-0.05, 0) is 61.9 Å². The molecule has 10 heteroatoms. The highest BCUT2D eigenvalue weighted by molar-refractivity contribution is 7.92. The van der Waals surface area contributed by atoms with Crippen LogP contribution < -0.4 is 10.0 Å². The molecule has 2 N–H and O–H groups in total. The van der Waals surface area contributed by atoms with Crippen LogP contribution in [0.4, 0.5) is 10.1 Å². The molecular weight excluding hydrogens is 399 g/mol. The fourth-order valence-electron chi connectivity index (χ4n) is 2.50. The molecule has 3 rings (SSSR count). The smallest absolute Gasteiger partial charge is 0.261 e. The van der Waals surface area contributed by atoms with Crippen LogP contribution in [0, 0.1) is 12.7 Å². The first-order valence-corrected chi connectivity index (χ1v) is 10.3. The molecule has 0 saturated carbocycles. The second kappa shape index (κ2) is 8.82. The molecule has 0 bridgehead atoms. The summed E-state index contributed by atoms with van der Waals surface area (Å²) in [6, 6.07) is 10.5. The van der Waals surface area contributed by atoms with E-state index in [1.54, 1.807) is 6.92 Å². The van der Waals surface area contributed by atoms with Gasteiger partial charge in [-0.25, -0.2) is 12.8 Å². The van der Waals surface area contributed by atoms with Gasteiger partial charge < -0.3 is 9.84 Å². The molecule has 1 aromatic heterocycles. The van der Waals surface area contributed by atoms with Crippen LogP contribution in [-0.2, 0) is 16.4 Å². The Bertz CT molecular complexity index is 1080. The summed E-state index contributed by atoms with van der Waals surface area (Å²) in [5.74, 6) is 0.292. The third-order valence-corrected chi connectivity index (χ3v) is 5.34. The van der Waals surface area contributed by atoms with Crippen LogP contribution in [0.15, 0.2) is 57.9 Å². The van der Waals surface area contributed by atoms with Gasteiger partial charge in [0.05, 0.1) is 4.90 Å². The quantitative estimate of drug-likeness (QED) is 0.544. The van der Waals surface area contributed by atoms with Gasteiger partial charge in [0.25, 0.3) is 15.9 Å². The zero-order chi connectivity index (χ0) is 20.9. The summed E-state index contributed by atoms with van der Waals surface area (Å²) >= 11 is 0. The fourth-order valence-corrected chi connectivity index (χ4v) is 3.56. The molecule has 3 aromatic rings. The van der Waals surface area contributed by atoms with E-state index in [0.29, 0.717) is 36.7 Å². The van der Waals surface area contributed by atoms with Crippen molar-refractivity contribution < 1.29 is 22.1 Å². The lowest BCUT2D eigenvalue weighted by Gasteiger charge is -2.09. The van der Waals surface area contributed by atoms with Crippen LogP contribution in [0.1, 0.15) is 28.5 Å². The number of hydrogen-bond donors (Lipinski definition) is 2. The Morgan fingerprint density at radius 1 is 1.10 bits per heavy atom. The number of benzene rings is 2. The number of aromatic nitrogens is 2. The molecule has 0 unspecified atom stereocenters. The van der Waals surface area contributed by atoms with Crippen LogP contribution in [0.5, 0.6) is 0 Å². The largest absolute Gasteiger partial charge is 0.352 e. The van der Waals surface area contributed by atoms with Crippen molar-refractivity contribution >= 4 is 21.6 Å². The molecule has 152 valence electrons. The molecule has 0 radical (unpaired) electrons. The number of halogens is 1. The molecule has 8 nitrogen and oxygen atoms in total. The molecule has 1 heterocycles. The van der Waals surface area contributed by atoms with Gasteiger partial charge in [0, 0.05) is 24.2 Å². The third kappa shape index (κ3) is 5.61. The maximum Gasteiger partial charge on any atom is 0.261 e. The molecule has 0 fully saturated rings. The summed E-state index contributed by atoms with van der Waals surface area (Å²) in [7, 11) is -3.84. The minimum atomic E-state index is -3.84. The zero-order valence-electron chi connectivity index (χ0n) is 15.6. The molecule has 0 spiro atoms. The number of amides is 1. The molecule has 0 atom stereocenters. The number of sulfonamides is 1. The van der Waals surface area contributed by atoms with Crippen LogP contribution in [0.25, 0.3) is 0 Å². The van der Waals surface area contributed by atoms with Crippen molar-refractivity contribution in [1.29, 1.82) is 0 Å². The lowest BCUT2D eigenvalue weighted by atomic mass is 10.2. The number of rotatable bonds is 8. The minimum absolute atomic E-state index is 0.0582. The van der Waals surface area contributed by atoms with Crippen LogP contribution in [0.2, 0.25) is 0 Å². The Balaban J connectivity index is 1.52. The zero-order valence-corrected chi connectivity index (χ0v) is 16.4. The van der Waals surface area contributed by atoms with E-state index in [1.165, 1.54) is 36.4 Å². The van der Waals surface area contributed by atoms with Crippen LogP contribution >= 0.6 is 0 Å². The van der Waals surface area contributed by atoms with E-state index in [-0.39, 0.29) is 16.5 Å². The number of carbonyl (C=O) groups excluding carboxylic acids is 1. The number of nitrogens with one attached hydrogen (secondary N) is 2. The van der Waals surface area contributed by atoms with Gasteiger partial charge in [-0.2, -0.15) is 4.98 Å². The van der Waals surface area contributed by atoms with Crippen molar-refractivity contribution in [2.45, 2.75) is 24.7 Å². The summed E-state index contributed by atoms with van der Waals surface area (Å²) in [6.07, 6.45) is 1.20. The number of anilines is 1. The van der Waals surface area contributed by atoms with Gasteiger partial charge in [-0.3, -0.25) is 9.52 Å². The molecular formula is C19H19FN4O4S. The lowest BCUT2D eigenvalue weighted by Crippen LogP contribution is -2.24. The van der Waals surface area contributed by atoms with Gasteiger partial charge in [0.2, 0.25) is 5.89 Å². The van der Waals surface area contributed by atoms with E-state index in [0.717, 1.165) is 12.1 Å². The molecule has 0 aliphatic rings. The first-order valence-electron chi connectivity index (χ1n) is 8.79. The average molecular weight is 418 g/mol. The maximum absolute atomic E-state index is 13.0. The van der Waals surface area contributed by atoms with E-state index in [1.807, 2.05) is 0 Å². The van der Waals surface area contributed by atoms with Gasteiger partial charge >= 0.3 is 0 Å². The van der Waals surface area contributed by atoms with Crippen molar-refractivity contribution in [3.63, 3.8) is 0 Å². The monoisotopic (exact) mass is 418 g/mol. The summed E-state index contributed by atoms with van der Waals surface area (Å²) < 4.78 is 44.9. The Morgan fingerprint density at radius 3 is 2.41 bits per heavy atom. The molecule has 0 aliphatic heterocycles. The number of hydrogen-bond acceptors (Lipinski definition) is 6. The third-order valence-electron chi connectivity index (χ3n) is 3.95. The first kappa shape index (κ1) is 20.5. The standard InChI is InChI=1S/C19H19FN4O4S/c1-13-22-18(28-23-13)3-2-12-21-19(25)14-4-8-16(9-5-14)24-29(26,27)17-10-6-15(20)7-11-17/h4-11,24H,2-3,12H2,1H3,(H,21,25). The predicted octanol–water partition coefficient (Wildman–Crippen LogP) is 2.68. The molecule has 29 heavy (non-hydrogen) atoms. The highest BCUT2D eigenvalue weighted by atomic mass is 32.2. The van der Waals surface area contributed by atoms with Gasteiger partial charge in [-0.1, -0.05) is 5.16 Å². The van der Waals surface area contributed by atoms with Crippen molar-refractivity contribution in [3.05, 3.63) is 71.6 Å². The molecule has 0 saturated heterocycles. The van der Waals surface area contributed by atoms with E-state index in [2.05, 4.69) is 20.2 Å². The second-order valence-electron chi connectivity index (χ2n) is 6.23. The van der Waals surface area contributed by atoms with E-state index in [4.69, 9.17) is 4.52 Å². The van der Waals surface area contributed by atoms with E-state index >= 15 is 0 Å². The minimum Gasteiger partial charge on any atom is -0.352 e. The summed E-state index contributed by atoms with van der Waals surface area (Å²) in [5, 5.41) is 6.47. The van der Waals surface area contributed by atoms with Gasteiger partial charge in [0.15, 0.2) is 5.82 Å². The topological polar surface area (TPSA) is 114 Å². The van der Waals surface area contributed by atoms with Crippen LogP contribution in [0.3, 0.4) is 0 Å². The summed E-state index contributed by atoms with van der Waals surface area (Å²) in [5.41, 5.74) is 0.681. The summed E-state index contributed by atoms with van der Waals surface area (Å²) in [4.78, 5) is 16.2. The van der Waals surface area contributed by atoms with Crippen LogP contribution in [-0.4, -0.2) is 31.0 Å². The average Bonchev–Trinajstić information content (AvgIpc) is 3.11. The lowest BCUT2D eigenvalue weighted by molar-refractivity contribution is 0.0953. The highest BCUT2D eigenvalue weighted by Crippen LogP contribution is 2.17. The number of aryl methyl sites for hydroxylation is 2. The Morgan fingerprint density at radius 2 is 1.79 bits per heavy atom. The first-order chi connectivity index (χ1) is 13.8. The number of carbonyl (C=O) groups is 1. The second-order valence-corrected chi connectivity index (χ2v) is 7.91. The van der Waals surface area contributed by atoms with Gasteiger partial charge in [-0.15, -0.1) is 0 Å².